The van der Waals surface area contributed by atoms with Gasteiger partial charge in [-0.05, 0) is 10.5 Å². The van der Waals surface area contributed by atoms with Gasteiger partial charge in [0, 0.05) is 5.56 Å². The quantitative estimate of drug-likeness (QED) is 0.482. The summed E-state index contributed by atoms with van der Waals surface area (Å²) in [5, 5.41) is 11.2. The number of hydrogen-bond acceptors (Lipinski definition) is 4. The normalized spacial score (nSPS) is 29.6. The molecule has 4 rings (SSSR count). The lowest BCUT2D eigenvalue weighted by Crippen LogP contribution is -2.17. The van der Waals surface area contributed by atoms with Gasteiger partial charge in [0.2, 0.25) is 6.17 Å². The van der Waals surface area contributed by atoms with Gasteiger partial charge in [-0.3, -0.25) is 0 Å². The van der Waals surface area contributed by atoms with Gasteiger partial charge in [0.05, 0.1) is 6.04 Å². The Balaban J connectivity index is 1.72. The molecule has 5 heteroatoms. The second kappa shape index (κ2) is 4.49. The molecule has 2 heterocycles. The van der Waals surface area contributed by atoms with Crippen molar-refractivity contribution in [1.82, 2.24) is 4.90 Å². The molecule has 0 spiro atoms. The first-order chi connectivity index (χ1) is 10.3. The number of rotatable bonds is 2. The first-order valence-electron chi connectivity index (χ1n) is 6.87. The van der Waals surface area contributed by atoms with Gasteiger partial charge in [-0.25, -0.2) is 4.90 Å². The summed E-state index contributed by atoms with van der Waals surface area (Å²) in [7, 11) is 0. The summed E-state index contributed by atoms with van der Waals surface area (Å²) in [6.45, 7) is 0. The van der Waals surface area contributed by atoms with Crippen LogP contribution in [0.5, 0.6) is 0 Å². The van der Waals surface area contributed by atoms with Crippen molar-refractivity contribution in [2.75, 3.05) is 0 Å². The van der Waals surface area contributed by atoms with E-state index in [1.165, 1.54) is 0 Å². The lowest BCUT2D eigenvalue weighted by Gasteiger charge is -2.08. The van der Waals surface area contributed by atoms with Crippen molar-refractivity contribution < 1.29 is 4.92 Å². The summed E-state index contributed by atoms with van der Waals surface area (Å²) in [4.78, 5) is 17.3. The zero-order valence-electron chi connectivity index (χ0n) is 11.2. The molecule has 21 heavy (non-hydrogen) atoms. The molecule has 104 valence electrons. The van der Waals surface area contributed by atoms with Crippen molar-refractivity contribution in [2.24, 2.45) is 4.99 Å². The minimum absolute atomic E-state index is 0.0642. The van der Waals surface area contributed by atoms with E-state index in [1.54, 1.807) is 0 Å². The molecule has 0 N–H and O–H groups in total. The van der Waals surface area contributed by atoms with Crippen molar-refractivity contribution in [2.45, 2.75) is 18.2 Å². The summed E-state index contributed by atoms with van der Waals surface area (Å²) in [5.41, 5.74) is 2.11. The maximum absolute atomic E-state index is 11.2. The average Bonchev–Trinajstić information content (AvgIpc) is 3.12. The SMILES string of the molecule is O=[N+]([O-])C1=NC(c2ccccc2)N2C1C2c1ccccc1. The first-order valence-corrected chi connectivity index (χ1v) is 6.87. The zero-order valence-corrected chi connectivity index (χ0v) is 11.2. The van der Waals surface area contributed by atoms with Crippen LogP contribution < -0.4 is 0 Å². The largest absolute Gasteiger partial charge is 0.358 e. The molecule has 0 aromatic heterocycles. The fourth-order valence-corrected chi connectivity index (χ4v) is 3.13. The topological polar surface area (TPSA) is 58.5 Å². The van der Waals surface area contributed by atoms with Crippen LogP contribution in [0, 0.1) is 10.1 Å². The third-order valence-corrected chi connectivity index (χ3v) is 4.08. The summed E-state index contributed by atoms with van der Waals surface area (Å²) in [6.07, 6.45) is -0.248. The molecule has 2 aromatic rings. The molecule has 4 unspecified atom stereocenters. The maximum atomic E-state index is 11.2. The minimum atomic E-state index is -0.344. The average molecular weight is 279 g/mol. The highest BCUT2D eigenvalue weighted by atomic mass is 16.6. The molecule has 0 aliphatic carbocycles. The highest BCUT2D eigenvalue weighted by Crippen LogP contribution is 2.54. The Labute approximate surface area is 121 Å². The molecule has 5 nitrogen and oxygen atoms in total. The van der Waals surface area contributed by atoms with Crippen molar-refractivity contribution in [3.63, 3.8) is 0 Å². The minimum Gasteiger partial charge on any atom is -0.358 e. The fourth-order valence-electron chi connectivity index (χ4n) is 3.13. The van der Waals surface area contributed by atoms with Gasteiger partial charge in [-0.2, -0.15) is 0 Å². The Kier molecular flexibility index (Phi) is 2.62. The third-order valence-electron chi connectivity index (χ3n) is 4.08. The summed E-state index contributed by atoms with van der Waals surface area (Å²) in [5.74, 6) is 0.0812. The summed E-state index contributed by atoms with van der Waals surface area (Å²) < 4.78 is 0. The predicted octanol–water partition coefficient (Wildman–Crippen LogP) is 2.80. The van der Waals surface area contributed by atoms with E-state index < -0.39 is 0 Å². The monoisotopic (exact) mass is 279 g/mol. The number of amidine groups is 1. The summed E-state index contributed by atoms with van der Waals surface area (Å²) in [6, 6.07) is 19.5. The van der Waals surface area contributed by atoms with E-state index >= 15 is 0 Å². The number of nitro groups is 1. The second-order valence-corrected chi connectivity index (χ2v) is 5.28. The van der Waals surface area contributed by atoms with Crippen LogP contribution in [0.1, 0.15) is 23.3 Å². The first kappa shape index (κ1) is 12.2. The van der Waals surface area contributed by atoms with Crippen LogP contribution in [0.4, 0.5) is 0 Å². The summed E-state index contributed by atoms with van der Waals surface area (Å²) >= 11 is 0. The molecular weight excluding hydrogens is 266 g/mol. The lowest BCUT2D eigenvalue weighted by atomic mass is 10.1. The Bertz CT molecular complexity index is 715. The van der Waals surface area contributed by atoms with Gasteiger partial charge in [-0.15, -0.1) is 0 Å². The van der Waals surface area contributed by atoms with Gasteiger partial charge >= 0.3 is 5.84 Å². The van der Waals surface area contributed by atoms with Crippen molar-refractivity contribution in [3.05, 3.63) is 81.9 Å². The van der Waals surface area contributed by atoms with Crippen LogP contribution in [-0.2, 0) is 0 Å². The number of benzene rings is 2. The molecule has 2 aliphatic rings. The van der Waals surface area contributed by atoms with E-state index in [2.05, 4.69) is 9.89 Å². The van der Waals surface area contributed by atoms with Gasteiger partial charge in [-0.1, -0.05) is 65.7 Å². The molecule has 1 saturated heterocycles. The zero-order chi connectivity index (χ0) is 14.4. The van der Waals surface area contributed by atoms with E-state index in [4.69, 9.17) is 0 Å². The Hall–Kier alpha value is -2.53. The van der Waals surface area contributed by atoms with Gasteiger partial charge in [0.25, 0.3) is 0 Å². The molecule has 0 radical (unpaired) electrons. The van der Waals surface area contributed by atoms with Crippen LogP contribution in [0.3, 0.4) is 0 Å². The number of nitrogens with zero attached hydrogens (tertiary/aromatic N) is 3. The van der Waals surface area contributed by atoms with Crippen molar-refractivity contribution >= 4 is 5.84 Å². The lowest BCUT2D eigenvalue weighted by molar-refractivity contribution is -0.352. The van der Waals surface area contributed by atoms with Crippen LogP contribution >= 0.6 is 0 Å². The fraction of sp³-hybridized carbons (Fsp3) is 0.188. The van der Waals surface area contributed by atoms with Crippen LogP contribution in [0.15, 0.2) is 65.7 Å². The molecule has 4 atom stereocenters. The van der Waals surface area contributed by atoms with Gasteiger partial charge in [0.15, 0.2) is 0 Å². The predicted molar refractivity (Wildman–Crippen MR) is 78.4 cm³/mol. The molecule has 1 fully saturated rings. The standard InChI is InChI=1S/C16H13N3O2/c20-19(21)16-14-13(11-7-3-1-4-8-11)18(14)15(17-16)12-9-5-2-6-10-12/h1-10,13-15H. The number of fused-ring (bicyclic) bond motifs is 1. The van der Waals surface area contributed by atoms with Crippen LogP contribution in [-0.4, -0.2) is 21.7 Å². The molecule has 0 amide bonds. The Morgan fingerprint density at radius 2 is 1.48 bits per heavy atom. The highest BCUT2D eigenvalue weighted by Gasteiger charge is 2.66. The molecular formula is C16H13N3O2. The second-order valence-electron chi connectivity index (χ2n) is 5.28. The number of aliphatic imine (C=N–C) groups is 1. The van der Waals surface area contributed by atoms with E-state index in [-0.39, 0.29) is 29.0 Å². The van der Waals surface area contributed by atoms with Crippen molar-refractivity contribution in [3.8, 4) is 0 Å². The maximum Gasteiger partial charge on any atom is 0.354 e. The van der Waals surface area contributed by atoms with E-state index in [1.807, 2.05) is 60.7 Å². The highest BCUT2D eigenvalue weighted by molar-refractivity contribution is 5.87. The van der Waals surface area contributed by atoms with E-state index in [9.17, 15) is 10.1 Å². The van der Waals surface area contributed by atoms with Crippen LogP contribution in [0.2, 0.25) is 0 Å². The van der Waals surface area contributed by atoms with Crippen LogP contribution in [0.25, 0.3) is 0 Å². The molecule has 0 bridgehead atoms. The number of hydrogen-bond donors (Lipinski definition) is 0. The molecule has 0 saturated carbocycles. The van der Waals surface area contributed by atoms with Gasteiger partial charge in [0.1, 0.15) is 6.04 Å². The van der Waals surface area contributed by atoms with Gasteiger partial charge < -0.3 is 10.1 Å². The van der Waals surface area contributed by atoms with E-state index in [0.717, 1.165) is 11.1 Å². The van der Waals surface area contributed by atoms with Crippen molar-refractivity contribution in [1.29, 1.82) is 0 Å². The smallest absolute Gasteiger partial charge is 0.354 e. The molecule has 2 aliphatic heterocycles. The van der Waals surface area contributed by atoms with E-state index in [0.29, 0.717) is 0 Å². The Morgan fingerprint density at radius 3 is 2.05 bits per heavy atom. The third kappa shape index (κ3) is 1.86. The Morgan fingerprint density at radius 1 is 0.905 bits per heavy atom. The molecule has 2 aromatic carbocycles.